The molecule has 0 aromatic heterocycles. The molecule has 0 unspecified atom stereocenters. The Bertz CT molecular complexity index is 769. The zero-order chi connectivity index (χ0) is 18.4. The zero-order valence-corrected chi connectivity index (χ0v) is 14.6. The van der Waals surface area contributed by atoms with E-state index in [1.54, 1.807) is 6.07 Å². The normalized spacial score (nSPS) is 16.2. The Morgan fingerprint density at radius 2 is 1.73 bits per heavy atom. The zero-order valence-electron chi connectivity index (χ0n) is 14.6. The van der Waals surface area contributed by atoms with E-state index in [-0.39, 0.29) is 11.4 Å². The molecule has 0 saturated carbocycles. The summed E-state index contributed by atoms with van der Waals surface area (Å²) < 4.78 is 0. The minimum absolute atomic E-state index is 0.229. The molecule has 136 valence electrons. The van der Waals surface area contributed by atoms with E-state index in [0.717, 1.165) is 38.3 Å². The molecule has 1 N–H and O–H groups in total. The lowest BCUT2D eigenvalue weighted by molar-refractivity contribution is -0.385. The first-order valence-corrected chi connectivity index (χ1v) is 8.74. The molecule has 6 heteroatoms. The molecule has 2 aromatic rings. The highest BCUT2D eigenvalue weighted by molar-refractivity contribution is 5.49. The third-order valence-electron chi connectivity index (χ3n) is 4.58. The second kappa shape index (κ2) is 8.60. The third kappa shape index (κ3) is 4.91. The van der Waals surface area contributed by atoms with Gasteiger partial charge in [0.15, 0.2) is 5.75 Å². The fourth-order valence-electron chi connectivity index (χ4n) is 3.10. The average Bonchev–Trinajstić information content (AvgIpc) is 2.65. The fourth-order valence-corrected chi connectivity index (χ4v) is 3.10. The van der Waals surface area contributed by atoms with Crippen molar-refractivity contribution in [1.82, 2.24) is 9.80 Å². The molecule has 0 radical (unpaired) electrons. The molecule has 1 aliphatic heterocycles. The van der Waals surface area contributed by atoms with Gasteiger partial charge in [-0.3, -0.25) is 19.9 Å². The van der Waals surface area contributed by atoms with E-state index in [9.17, 15) is 15.2 Å². The Morgan fingerprint density at radius 3 is 2.42 bits per heavy atom. The van der Waals surface area contributed by atoms with Crippen LogP contribution in [0.4, 0.5) is 5.69 Å². The maximum Gasteiger partial charge on any atom is 0.311 e. The summed E-state index contributed by atoms with van der Waals surface area (Å²) in [6.07, 6.45) is 4.33. The summed E-state index contributed by atoms with van der Waals surface area (Å²) in [5.74, 6) is -0.284. The molecule has 1 saturated heterocycles. The maximum absolute atomic E-state index is 10.9. The van der Waals surface area contributed by atoms with Gasteiger partial charge in [0.1, 0.15) is 0 Å². The number of hydrogen-bond acceptors (Lipinski definition) is 5. The Morgan fingerprint density at radius 1 is 1.04 bits per heavy atom. The molecular weight excluding hydrogens is 330 g/mol. The van der Waals surface area contributed by atoms with Crippen LogP contribution in [0.2, 0.25) is 0 Å². The quantitative estimate of drug-likeness (QED) is 0.638. The van der Waals surface area contributed by atoms with Gasteiger partial charge in [-0.1, -0.05) is 48.6 Å². The minimum Gasteiger partial charge on any atom is -0.502 e. The summed E-state index contributed by atoms with van der Waals surface area (Å²) in [5.41, 5.74) is 1.83. The highest BCUT2D eigenvalue weighted by Crippen LogP contribution is 2.26. The topological polar surface area (TPSA) is 69.9 Å². The molecule has 0 bridgehead atoms. The van der Waals surface area contributed by atoms with Crippen molar-refractivity contribution in [2.45, 2.75) is 6.54 Å². The van der Waals surface area contributed by atoms with Crippen molar-refractivity contribution < 1.29 is 10.0 Å². The van der Waals surface area contributed by atoms with Gasteiger partial charge in [0.25, 0.3) is 0 Å². The van der Waals surface area contributed by atoms with Gasteiger partial charge < -0.3 is 5.11 Å². The number of piperazine rings is 1. The smallest absolute Gasteiger partial charge is 0.311 e. The van der Waals surface area contributed by atoms with Crippen LogP contribution in [0.5, 0.6) is 5.75 Å². The molecule has 1 fully saturated rings. The number of rotatable bonds is 6. The minimum atomic E-state index is -0.546. The van der Waals surface area contributed by atoms with Crippen LogP contribution >= 0.6 is 0 Å². The van der Waals surface area contributed by atoms with Gasteiger partial charge in [-0.05, 0) is 17.2 Å². The summed E-state index contributed by atoms with van der Waals surface area (Å²) in [5, 5.41) is 20.5. The number of phenolic OH excluding ortho intramolecular Hbond substituents is 1. The molecule has 0 atom stereocenters. The summed E-state index contributed by atoms with van der Waals surface area (Å²) in [7, 11) is 0. The standard InChI is InChI=1S/C20H23N3O3/c24-20-9-8-18(15-19(20)23(25)26)16-22-13-11-21(12-14-22)10-4-7-17-5-2-1-3-6-17/h1-9,15,24H,10-14,16H2. The molecule has 1 aliphatic rings. The Hall–Kier alpha value is -2.70. The van der Waals surface area contributed by atoms with Gasteiger partial charge in [0.2, 0.25) is 0 Å². The van der Waals surface area contributed by atoms with E-state index >= 15 is 0 Å². The monoisotopic (exact) mass is 353 g/mol. The number of aromatic hydroxyl groups is 1. The van der Waals surface area contributed by atoms with Crippen molar-refractivity contribution in [2.24, 2.45) is 0 Å². The van der Waals surface area contributed by atoms with Crippen LogP contribution in [0.15, 0.2) is 54.6 Å². The second-order valence-electron chi connectivity index (χ2n) is 6.47. The van der Waals surface area contributed by atoms with E-state index < -0.39 is 4.92 Å². The van der Waals surface area contributed by atoms with E-state index in [4.69, 9.17) is 0 Å². The lowest BCUT2D eigenvalue weighted by Gasteiger charge is -2.34. The summed E-state index contributed by atoms with van der Waals surface area (Å²) in [4.78, 5) is 15.1. The van der Waals surface area contributed by atoms with Gasteiger partial charge in [0, 0.05) is 45.3 Å². The van der Waals surface area contributed by atoms with Crippen molar-refractivity contribution in [1.29, 1.82) is 0 Å². The van der Waals surface area contributed by atoms with Crippen LogP contribution < -0.4 is 0 Å². The summed E-state index contributed by atoms with van der Waals surface area (Å²) >= 11 is 0. The van der Waals surface area contributed by atoms with Crippen molar-refractivity contribution >= 4 is 11.8 Å². The SMILES string of the molecule is O=[N+]([O-])c1cc(CN2CCN(CC=Cc3ccccc3)CC2)ccc1O. The van der Waals surface area contributed by atoms with Crippen LogP contribution in [0.1, 0.15) is 11.1 Å². The number of nitrogens with zero attached hydrogens (tertiary/aromatic N) is 3. The number of nitro benzene ring substituents is 1. The Balaban J connectivity index is 1.47. The van der Waals surface area contributed by atoms with Gasteiger partial charge in [-0.15, -0.1) is 0 Å². The van der Waals surface area contributed by atoms with Crippen LogP contribution in [0.25, 0.3) is 6.08 Å². The summed E-state index contributed by atoms with van der Waals surface area (Å²) in [6.45, 7) is 5.38. The van der Waals surface area contributed by atoms with E-state index in [2.05, 4.69) is 34.1 Å². The number of nitro groups is 1. The molecular formula is C20H23N3O3. The number of phenols is 1. The van der Waals surface area contributed by atoms with Gasteiger partial charge >= 0.3 is 5.69 Å². The largest absolute Gasteiger partial charge is 0.502 e. The molecule has 3 rings (SSSR count). The third-order valence-corrected chi connectivity index (χ3v) is 4.58. The molecule has 0 spiro atoms. The second-order valence-corrected chi connectivity index (χ2v) is 6.47. The predicted molar refractivity (Wildman–Crippen MR) is 102 cm³/mol. The highest BCUT2D eigenvalue weighted by Gasteiger charge is 2.18. The van der Waals surface area contributed by atoms with Crippen LogP contribution in [-0.2, 0) is 6.54 Å². The predicted octanol–water partition coefficient (Wildman–Crippen LogP) is 3.13. The Kier molecular flexibility index (Phi) is 5.99. The molecule has 1 heterocycles. The molecule has 2 aromatic carbocycles. The fraction of sp³-hybridized carbons (Fsp3) is 0.300. The molecule has 6 nitrogen and oxygen atoms in total. The highest BCUT2D eigenvalue weighted by atomic mass is 16.6. The van der Waals surface area contributed by atoms with E-state index in [1.165, 1.54) is 17.7 Å². The van der Waals surface area contributed by atoms with E-state index in [0.29, 0.717) is 6.54 Å². The molecule has 0 aliphatic carbocycles. The van der Waals surface area contributed by atoms with Crippen LogP contribution in [0.3, 0.4) is 0 Å². The first-order valence-electron chi connectivity index (χ1n) is 8.74. The number of benzene rings is 2. The Labute approximate surface area is 153 Å². The van der Waals surface area contributed by atoms with Crippen molar-refractivity contribution in [3.8, 4) is 5.75 Å². The molecule has 0 amide bonds. The number of hydrogen-bond donors (Lipinski definition) is 1. The first kappa shape index (κ1) is 18.1. The first-order chi connectivity index (χ1) is 12.6. The average molecular weight is 353 g/mol. The van der Waals surface area contributed by atoms with Crippen LogP contribution in [-0.4, -0.2) is 52.6 Å². The lowest BCUT2D eigenvalue weighted by atomic mass is 10.1. The van der Waals surface area contributed by atoms with E-state index in [1.807, 2.05) is 18.2 Å². The maximum atomic E-state index is 10.9. The van der Waals surface area contributed by atoms with Gasteiger partial charge in [-0.25, -0.2) is 0 Å². The van der Waals surface area contributed by atoms with Crippen LogP contribution in [0, 0.1) is 10.1 Å². The van der Waals surface area contributed by atoms with Gasteiger partial charge in [-0.2, -0.15) is 0 Å². The van der Waals surface area contributed by atoms with Gasteiger partial charge in [0.05, 0.1) is 4.92 Å². The van der Waals surface area contributed by atoms with Crippen molar-refractivity contribution in [3.63, 3.8) is 0 Å². The van der Waals surface area contributed by atoms with Crippen molar-refractivity contribution in [2.75, 3.05) is 32.7 Å². The summed E-state index contributed by atoms with van der Waals surface area (Å²) in [6, 6.07) is 14.9. The lowest BCUT2D eigenvalue weighted by Crippen LogP contribution is -2.45. The molecule has 26 heavy (non-hydrogen) atoms. The van der Waals surface area contributed by atoms with Crippen molar-refractivity contribution in [3.05, 3.63) is 75.8 Å².